The molecule has 1 atom stereocenters. The largest absolute Gasteiger partial charge is 0.299 e. The lowest BCUT2D eigenvalue weighted by atomic mass is 10.0. The van der Waals surface area contributed by atoms with Gasteiger partial charge in [-0.25, -0.2) is 0 Å². The van der Waals surface area contributed by atoms with Crippen LogP contribution < -0.4 is 0 Å². The highest BCUT2D eigenvalue weighted by Gasteiger charge is 2.38. The van der Waals surface area contributed by atoms with Gasteiger partial charge in [-0.05, 0) is 0 Å². The maximum absolute atomic E-state index is 11.4. The SMILES string of the molecule is CC(C)C(=O)CC1SC(=O)N(C)C1=O. The molecule has 0 aromatic carbocycles. The van der Waals surface area contributed by atoms with E-state index in [0.29, 0.717) is 0 Å². The Morgan fingerprint density at radius 3 is 2.43 bits per heavy atom. The first-order chi connectivity index (χ1) is 6.43. The van der Waals surface area contributed by atoms with Crippen LogP contribution in [0.3, 0.4) is 0 Å². The van der Waals surface area contributed by atoms with E-state index >= 15 is 0 Å². The Kier molecular flexibility index (Phi) is 3.31. The Morgan fingerprint density at radius 2 is 2.07 bits per heavy atom. The van der Waals surface area contributed by atoms with Crippen LogP contribution >= 0.6 is 11.8 Å². The molecule has 1 saturated heterocycles. The summed E-state index contributed by atoms with van der Waals surface area (Å²) in [6.45, 7) is 3.58. The summed E-state index contributed by atoms with van der Waals surface area (Å²) in [7, 11) is 1.44. The van der Waals surface area contributed by atoms with Crippen LogP contribution in [0.4, 0.5) is 4.79 Å². The Bertz CT molecular complexity index is 288. The Hall–Kier alpha value is -0.840. The molecule has 1 unspecified atom stereocenters. The van der Waals surface area contributed by atoms with Gasteiger partial charge in [0.25, 0.3) is 5.24 Å². The minimum absolute atomic E-state index is 0.0268. The second-order valence-corrected chi connectivity index (χ2v) is 4.75. The monoisotopic (exact) mass is 215 g/mol. The van der Waals surface area contributed by atoms with Crippen LogP contribution in [0.25, 0.3) is 0 Å². The van der Waals surface area contributed by atoms with E-state index in [1.54, 1.807) is 13.8 Å². The molecule has 14 heavy (non-hydrogen) atoms. The van der Waals surface area contributed by atoms with Gasteiger partial charge >= 0.3 is 0 Å². The molecule has 5 heteroatoms. The summed E-state index contributed by atoms with van der Waals surface area (Å²) in [6.07, 6.45) is 0.164. The highest BCUT2D eigenvalue weighted by Crippen LogP contribution is 2.28. The van der Waals surface area contributed by atoms with Crippen molar-refractivity contribution in [2.75, 3.05) is 7.05 Å². The molecule has 1 aliphatic rings. The Labute approximate surface area is 87.0 Å². The van der Waals surface area contributed by atoms with Crippen molar-refractivity contribution in [1.29, 1.82) is 0 Å². The van der Waals surface area contributed by atoms with Gasteiger partial charge in [0.05, 0.1) is 0 Å². The maximum Gasteiger partial charge on any atom is 0.288 e. The highest BCUT2D eigenvalue weighted by atomic mass is 32.2. The van der Waals surface area contributed by atoms with E-state index in [9.17, 15) is 14.4 Å². The second-order valence-electron chi connectivity index (χ2n) is 3.59. The molecule has 1 fully saturated rings. The molecule has 1 heterocycles. The van der Waals surface area contributed by atoms with Gasteiger partial charge in [0.1, 0.15) is 11.0 Å². The van der Waals surface area contributed by atoms with E-state index in [2.05, 4.69) is 0 Å². The minimum atomic E-state index is -0.498. The summed E-state index contributed by atoms with van der Waals surface area (Å²) in [6, 6.07) is 0. The maximum atomic E-state index is 11.4. The summed E-state index contributed by atoms with van der Waals surface area (Å²) in [4.78, 5) is 34.9. The van der Waals surface area contributed by atoms with E-state index in [1.807, 2.05) is 0 Å². The molecule has 0 bridgehead atoms. The fourth-order valence-electron chi connectivity index (χ4n) is 1.10. The molecular weight excluding hydrogens is 202 g/mol. The van der Waals surface area contributed by atoms with Crippen molar-refractivity contribution in [2.45, 2.75) is 25.5 Å². The van der Waals surface area contributed by atoms with E-state index in [0.717, 1.165) is 16.7 Å². The molecule has 78 valence electrons. The number of hydrogen-bond acceptors (Lipinski definition) is 4. The molecule has 1 aliphatic heterocycles. The molecule has 2 amide bonds. The van der Waals surface area contributed by atoms with Crippen molar-refractivity contribution in [3.05, 3.63) is 0 Å². The topological polar surface area (TPSA) is 54.5 Å². The third-order valence-electron chi connectivity index (χ3n) is 2.15. The standard InChI is InChI=1S/C9H13NO3S/c1-5(2)6(11)4-7-8(12)10(3)9(13)14-7/h5,7H,4H2,1-3H3. The van der Waals surface area contributed by atoms with Crippen LogP contribution in [0, 0.1) is 5.92 Å². The van der Waals surface area contributed by atoms with Crippen LogP contribution in [0.5, 0.6) is 0 Å². The van der Waals surface area contributed by atoms with Gasteiger partial charge in [0.2, 0.25) is 5.91 Å². The molecule has 0 aromatic heterocycles. The number of carbonyl (C=O) groups is 3. The summed E-state index contributed by atoms with van der Waals surface area (Å²) in [5, 5.41) is -0.765. The van der Waals surface area contributed by atoms with E-state index in [4.69, 9.17) is 0 Å². The van der Waals surface area contributed by atoms with Crippen molar-refractivity contribution < 1.29 is 14.4 Å². The van der Waals surface area contributed by atoms with Crippen molar-refractivity contribution in [2.24, 2.45) is 5.92 Å². The van der Waals surface area contributed by atoms with E-state index in [-0.39, 0.29) is 29.3 Å². The van der Waals surface area contributed by atoms with Crippen LogP contribution in [0.1, 0.15) is 20.3 Å². The van der Waals surface area contributed by atoms with Crippen molar-refractivity contribution in [3.8, 4) is 0 Å². The number of rotatable bonds is 3. The zero-order chi connectivity index (χ0) is 10.9. The number of Topliss-reactive ketones (excluding diaryl/α,β-unsaturated/α-hetero) is 1. The number of hydrogen-bond donors (Lipinski definition) is 0. The first-order valence-electron chi connectivity index (χ1n) is 4.44. The number of amides is 2. The summed E-state index contributed by atoms with van der Waals surface area (Å²) < 4.78 is 0. The number of thioether (sulfide) groups is 1. The molecule has 0 saturated carbocycles. The third-order valence-corrected chi connectivity index (χ3v) is 3.28. The van der Waals surface area contributed by atoms with E-state index < -0.39 is 5.25 Å². The number of imide groups is 1. The van der Waals surface area contributed by atoms with Crippen molar-refractivity contribution in [3.63, 3.8) is 0 Å². The first kappa shape index (κ1) is 11.2. The first-order valence-corrected chi connectivity index (χ1v) is 5.32. The number of nitrogens with zero attached hydrogens (tertiary/aromatic N) is 1. The highest BCUT2D eigenvalue weighted by molar-refractivity contribution is 8.15. The van der Waals surface area contributed by atoms with Crippen LogP contribution in [0.15, 0.2) is 0 Å². The van der Waals surface area contributed by atoms with E-state index in [1.165, 1.54) is 7.05 Å². The van der Waals surface area contributed by atoms with Gasteiger partial charge in [0, 0.05) is 19.4 Å². The molecule has 0 aromatic rings. The molecule has 0 aliphatic carbocycles. The summed E-state index contributed by atoms with van der Waals surface area (Å²) >= 11 is 0.944. The average Bonchev–Trinajstić information content (AvgIpc) is 2.33. The normalized spacial score (nSPS) is 22.3. The Balaban J connectivity index is 2.60. The minimum Gasteiger partial charge on any atom is -0.299 e. The summed E-state index contributed by atoms with van der Waals surface area (Å²) in [5.41, 5.74) is 0. The number of ketones is 1. The average molecular weight is 215 g/mol. The number of carbonyl (C=O) groups excluding carboxylic acids is 3. The van der Waals surface area contributed by atoms with Gasteiger partial charge in [-0.3, -0.25) is 19.3 Å². The fraction of sp³-hybridized carbons (Fsp3) is 0.667. The lowest BCUT2D eigenvalue weighted by Crippen LogP contribution is -2.29. The molecule has 4 nitrogen and oxygen atoms in total. The van der Waals surface area contributed by atoms with Crippen LogP contribution in [-0.2, 0) is 9.59 Å². The van der Waals surface area contributed by atoms with Gasteiger partial charge in [-0.1, -0.05) is 25.6 Å². The van der Waals surface area contributed by atoms with Crippen LogP contribution in [0.2, 0.25) is 0 Å². The molecule has 0 radical (unpaired) electrons. The zero-order valence-corrected chi connectivity index (χ0v) is 9.26. The van der Waals surface area contributed by atoms with Gasteiger partial charge in [-0.2, -0.15) is 0 Å². The third kappa shape index (κ3) is 2.15. The molecule has 0 spiro atoms. The predicted molar refractivity (Wildman–Crippen MR) is 54.0 cm³/mol. The molecule has 0 N–H and O–H groups in total. The lowest BCUT2D eigenvalue weighted by Gasteiger charge is -2.08. The van der Waals surface area contributed by atoms with Crippen molar-refractivity contribution >= 4 is 28.7 Å². The molecule has 1 rings (SSSR count). The lowest BCUT2D eigenvalue weighted by molar-refractivity contribution is -0.129. The van der Waals surface area contributed by atoms with Crippen LogP contribution in [-0.4, -0.2) is 34.1 Å². The fourth-order valence-corrected chi connectivity index (χ4v) is 2.10. The quantitative estimate of drug-likeness (QED) is 0.712. The smallest absolute Gasteiger partial charge is 0.288 e. The van der Waals surface area contributed by atoms with Crippen molar-refractivity contribution in [1.82, 2.24) is 4.90 Å². The summed E-state index contributed by atoms with van der Waals surface area (Å²) in [5.74, 6) is -0.308. The van der Waals surface area contributed by atoms with Gasteiger partial charge in [-0.15, -0.1) is 0 Å². The zero-order valence-electron chi connectivity index (χ0n) is 8.44. The van der Waals surface area contributed by atoms with Gasteiger partial charge < -0.3 is 0 Å². The second kappa shape index (κ2) is 4.13. The van der Waals surface area contributed by atoms with Gasteiger partial charge in [0.15, 0.2) is 0 Å². The Morgan fingerprint density at radius 1 is 1.50 bits per heavy atom. The predicted octanol–water partition coefficient (Wildman–Crippen LogP) is 1.30. The molecular formula is C9H13NO3S.